The maximum absolute atomic E-state index is 12.3. The summed E-state index contributed by atoms with van der Waals surface area (Å²) in [5.74, 6) is 0.655. The third-order valence-electron chi connectivity index (χ3n) is 3.37. The molecular formula is C13H18ClNOS. The molecule has 1 aliphatic rings. The second-order valence-electron chi connectivity index (χ2n) is 4.65. The van der Waals surface area contributed by atoms with E-state index in [1.807, 2.05) is 17.0 Å². The Morgan fingerprint density at radius 2 is 2.35 bits per heavy atom. The van der Waals surface area contributed by atoms with Crippen LogP contribution in [0.15, 0.2) is 12.1 Å². The number of nitrogens with zero attached hydrogens (tertiary/aromatic N) is 1. The predicted octanol–water partition coefficient (Wildman–Crippen LogP) is 3.40. The van der Waals surface area contributed by atoms with Crippen molar-refractivity contribution < 1.29 is 4.79 Å². The molecule has 1 amide bonds. The molecule has 1 fully saturated rings. The van der Waals surface area contributed by atoms with E-state index in [1.54, 1.807) is 11.3 Å². The van der Waals surface area contributed by atoms with Gasteiger partial charge in [-0.3, -0.25) is 4.79 Å². The Bertz CT molecular complexity index is 404. The first-order valence-corrected chi connectivity index (χ1v) is 7.39. The molecule has 1 saturated heterocycles. The maximum atomic E-state index is 12.3. The molecule has 0 aliphatic carbocycles. The Morgan fingerprint density at radius 3 is 2.94 bits per heavy atom. The molecule has 0 aromatic carbocycles. The van der Waals surface area contributed by atoms with Crippen molar-refractivity contribution in [3.63, 3.8) is 0 Å². The third kappa shape index (κ3) is 2.83. The van der Waals surface area contributed by atoms with Crippen molar-refractivity contribution in [1.29, 1.82) is 0 Å². The molecular weight excluding hydrogens is 254 g/mol. The van der Waals surface area contributed by atoms with Crippen LogP contribution in [-0.2, 0) is 6.42 Å². The lowest BCUT2D eigenvalue weighted by Crippen LogP contribution is -2.43. The van der Waals surface area contributed by atoms with Crippen molar-refractivity contribution in [2.75, 3.05) is 13.1 Å². The van der Waals surface area contributed by atoms with E-state index in [4.69, 9.17) is 11.6 Å². The summed E-state index contributed by atoms with van der Waals surface area (Å²) in [5.41, 5.74) is 0. The van der Waals surface area contributed by atoms with Crippen LogP contribution >= 0.6 is 22.9 Å². The van der Waals surface area contributed by atoms with E-state index in [0.29, 0.717) is 12.5 Å². The van der Waals surface area contributed by atoms with Crippen LogP contribution in [0.25, 0.3) is 0 Å². The summed E-state index contributed by atoms with van der Waals surface area (Å²) in [5, 5.41) is 0.0957. The average Bonchev–Trinajstić information content (AvgIpc) is 2.80. The highest BCUT2D eigenvalue weighted by Gasteiger charge is 2.28. The maximum Gasteiger partial charge on any atom is 0.263 e. The van der Waals surface area contributed by atoms with Gasteiger partial charge in [-0.25, -0.2) is 0 Å². The molecule has 17 heavy (non-hydrogen) atoms. The van der Waals surface area contributed by atoms with Gasteiger partial charge in [0.15, 0.2) is 0 Å². The number of carbonyl (C=O) groups excluding carboxylic acids is 1. The van der Waals surface area contributed by atoms with Crippen molar-refractivity contribution in [2.45, 2.75) is 32.1 Å². The van der Waals surface area contributed by atoms with Gasteiger partial charge >= 0.3 is 0 Å². The monoisotopic (exact) mass is 271 g/mol. The minimum atomic E-state index is 0.0957. The van der Waals surface area contributed by atoms with Gasteiger partial charge in [0, 0.05) is 18.0 Å². The van der Waals surface area contributed by atoms with Crippen LogP contribution in [0, 0.1) is 5.92 Å². The van der Waals surface area contributed by atoms with Crippen molar-refractivity contribution in [3.8, 4) is 0 Å². The molecule has 1 aromatic heterocycles. The lowest BCUT2D eigenvalue weighted by molar-refractivity contribution is 0.0706. The third-order valence-corrected chi connectivity index (χ3v) is 5.16. The van der Waals surface area contributed by atoms with E-state index >= 15 is 0 Å². The Balaban J connectivity index is 2.05. The zero-order valence-corrected chi connectivity index (χ0v) is 11.9. The first-order chi connectivity index (χ1) is 8.11. The van der Waals surface area contributed by atoms with Gasteiger partial charge in [0.1, 0.15) is 0 Å². The standard InChI is InChI=1S/C13H18ClNOS/c1-3-10-4-5-12(17-10)13(16)15-7-6-9(2)11(14)8-15/h4-5,9,11H,3,6-8H2,1-2H3. The molecule has 2 atom stereocenters. The minimum Gasteiger partial charge on any atom is -0.336 e. The predicted molar refractivity (Wildman–Crippen MR) is 73.0 cm³/mol. The average molecular weight is 272 g/mol. The molecule has 1 aliphatic heterocycles. The van der Waals surface area contributed by atoms with Gasteiger partial charge in [-0.1, -0.05) is 13.8 Å². The van der Waals surface area contributed by atoms with E-state index in [0.717, 1.165) is 24.3 Å². The zero-order valence-electron chi connectivity index (χ0n) is 10.3. The fourth-order valence-corrected chi connectivity index (χ4v) is 3.25. The zero-order chi connectivity index (χ0) is 12.4. The van der Waals surface area contributed by atoms with Gasteiger partial charge in [0.05, 0.1) is 10.3 Å². The number of aryl methyl sites for hydroxylation is 1. The molecule has 2 unspecified atom stereocenters. The first-order valence-electron chi connectivity index (χ1n) is 6.14. The Labute approximate surface area is 112 Å². The van der Waals surface area contributed by atoms with E-state index < -0.39 is 0 Å². The summed E-state index contributed by atoms with van der Waals surface area (Å²) in [6.07, 6.45) is 2.00. The van der Waals surface area contributed by atoms with Gasteiger partial charge < -0.3 is 4.90 Å². The fourth-order valence-electron chi connectivity index (χ4n) is 2.05. The van der Waals surface area contributed by atoms with Gasteiger partial charge in [0.2, 0.25) is 0 Å². The fraction of sp³-hybridized carbons (Fsp3) is 0.615. The van der Waals surface area contributed by atoms with Crippen molar-refractivity contribution >= 4 is 28.8 Å². The Hall–Kier alpha value is -0.540. The van der Waals surface area contributed by atoms with E-state index in [-0.39, 0.29) is 11.3 Å². The summed E-state index contributed by atoms with van der Waals surface area (Å²) in [6.45, 7) is 5.78. The number of hydrogen-bond acceptors (Lipinski definition) is 2. The van der Waals surface area contributed by atoms with Crippen LogP contribution in [0.1, 0.15) is 34.8 Å². The quantitative estimate of drug-likeness (QED) is 0.755. The van der Waals surface area contributed by atoms with Crippen molar-refractivity contribution in [3.05, 3.63) is 21.9 Å². The summed E-state index contributed by atoms with van der Waals surface area (Å²) in [7, 11) is 0. The molecule has 2 rings (SSSR count). The Morgan fingerprint density at radius 1 is 1.59 bits per heavy atom. The number of halogens is 1. The highest BCUT2D eigenvalue weighted by molar-refractivity contribution is 7.14. The SMILES string of the molecule is CCc1ccc(C(=O)N2CCC(C)C(Cl)C2)s1. The number of amides is 1. The van der Waals surface area contributed by atoms with Gasteiger partial charge in [0.25, 0.3) is 5.91 Å². The lowest BCUT2D eigenvalue weighted by Gasteiger charge is -2.33. The number of thiophene rings is 1. The van der Waals surface area contributed by atoms with Crippen LogP contribution in [-0.4, -0.2) is 29.3 Å². The van der Waals surface area contributed by atoms with E-state index in [9.17, 15) is 4.79 Å². The number of likely N-dealkylation sites (tertiary alicyclic amines) is 1. The molecule has 0 saturated carbocycles. The van der Waals surface area contributed by atoms with Gasteiger partial charge in [-0.05, 0) is 30.9 Å². The highest BCUT2D eigenvalue weighted by Crippen LogP contribution is 2.25. The van der Waals surface area contributed by atoms with Crippen LogP contribution in [0.2, 0.25) is 0 Å². The molecule has 2 nitrogen and oxygen atoms in total. The number of alkyl halides is 1. The highest BCUT2D eigenvalue weighted by atomic mass is 35.5. The number of carbonyl (C=O) groups is 1. The first kappa shape index (κ1) is 12.9. The summed E-state index contributed by atoms with van der Waals surface area (Å²) >= 11 is 7.84. The molecule has 0 bridgehead atoms. The van der Waals surface area contributed by atoms with Crippen LogP contribution in [0.3, 0.4) is 0 Å². The summed E-state index contributed by atoms with van der Waals surface area (Å²) in [4.78, 5) is 16.3. The second kappa shape index (κ2) is 5.40. The van der Waals surface area contributed by atoms with Gasteiger partial charge in [-0.15, -0.1) is 22.9 Å². The number of rotatable bonds is 2. The van der Waals surface area contributed by atoms with Crippen LogP contribution in [0.5, 0.6) is 0 Å². The van der Waals surface area contributed by atoms with Crippen molar-refractivity contribution in [2.24, 2.45) is 5.92 Å². The van der Waals surface area contributed by atoms with Gasteiger partial charge in [-0.2, -0.15) is 0 Å². The van der Waals surface area contributed by atoms with E-state index in [1.165, 1.54) is 4.88 Å². The second-order valence-corrected chi connectivity index (χ2v) is 6.38. The number of piperidine rings is 1. The topological polar surface area (TPSA) is 20.3 Å². The smallest absolute Gasteiger partial charge is 0.263 e. The lowest BCUT2D eigenvalue weighted by atomic mass is 9.98. The van der Waals surface area contributed by atoms with E-state index in [2.05, 4.69) is 13.8 Å². The largest absolute Gasteiger partial charge is 0.336 e. The van der Waals surface area contributed by atoms with Crippen molar-refractivity contribution in [1.82, 2.24) is 4.90 Å². The normalized spacial score (nSPS) is 25.0. The molecule has 2 heterocycles. The molecule has 1 aromatic rings. The minimum absolute atomic E-state index is 0.0957. The molecule has 0 radical (unpaired) electrons. The molecule has 94 valence electrons. The summed E-state index contributed by atoms with van der Waals surface area (Å²) < 4.78 is 0. The number of hydrogen-bond donors (Lipinski definition) is 0. The Kier molecular flexibility index (Phi) is 4.10. The van der Waals surface area contributed by atoms with Crippen LogP contribution in [0.4, 0.5) is 0 Å². The molecule has 0 N–H and O–H groups in total. The molecule has 0 spiro atoms. The summed E-state index contributed by atoms with van der Waals surface area (Å²) in [6, 6.07) is 3.98. The molecule has 4 heteroatoms. The van der Waals surface area contributed by atoms with Crippen LogP contribution < -0.4 is 0 Å².